The Morgan fingerprint density at radius 3 is 2.75 bits per heavy atom. The van der Waals surface area contributed by atoms with Crippen molar-refractivity contribution in [2.24, 2.45) is 0 Å². The third-order valence-electron chi connectivity index (χ3n) is 3.76. The summed E-state index contributed by atoms with van der Waals surface area (Å²) in [7, 11) is 0. The number of carbonyl (C=O) groups is 2. The molecule has 2 heterocycles. The molecule has 0 spiro atoms. The largest absolute Gasteiger partial charge is 0.374 e. The molecule has 0 saturated carbocycles. The molecule has 2 amide bonds. The number of rotatable bonds is 3. The summed E-state index contributed by atoms with van der Waals surface area (Å²) in [5, 5.41) is 5.84. The average molecular weight is 284 g/mol. The maximum atomic E-state index is 11.9. The van der Waals surface area contributed by atoms with Crippen molar-refractivity contribution in [2.45, 2.75) is 13.0 Å². The van der Waals surface area contributed by atoms with Gasteiger partial charge in [-0.1, -0.05) is 6.92 Å². The van der Waals surface area contributed by atoms with Crippen LogP contribution < -0.4 is 10.6 Å². The van der Waals surface area contributed by atoms with Gasteiger partial charge in [-0.2, -0.15) is 0 Å². The molecule has 2 aliphatic rings. The number of likely N-dealkylation sites (N-methyl/N-ethyl adjacent to an activating group) is 1. The predicted molar refractivity (Wildman–Crippen MR) is 74.3 cm³/mol. The van der Waals surface area contributed by atoms with Gasteiger partial charge < -0.3 is 20.3 Å². The number of amides is 2. The number of nitrogens with one attached hydrogen (secondary N) is 2. The number of ether oxygens (including phenoxy) is 1. The molecule has 2 aliphatic heterocycles. The van der Waals surface area contributed by atoms with E-state index in [4.69, 9.17) is 4.74 Å². The van der Waals surface area contributed by atoms with Crippen molar-refractivity contribution in [1.82, 2.24) is 20.4 Å². The molecule has 1 atom stereocenters. The summed E-state index contributed by atoms with van der Waals surface area (Å²) in [5.41, 5.74) is 0. The van der Waals surface area contributed by atoms with Gasteiger partial charge in [-0.25, -0.2) is 0 Å². The normalized spacial score (nSPS) is 24.4. The predicted octanol–water partition coefficient (Wildman–Crippen LogP) is -1.74. The van der Waals surface area contributed by atoms with Crippen molar-refractivity contribution >= 4 is 11.8 Å². The van der Waals surface area contributed by atoms with E-state index in [1.165, 1.54) is 0 Å². The van der Waals surface area contributed by atoms with E-state index in [2.05, 4.69) is 22.5 Å². The molecular formula is C13H24N4O3. The lowest BCUT2D eigenvalue weighted by Crippen LogP contribution is -2.53. The second kappa shape index (κ2) is 7.56. The van der Waals surface area contributed by atoms with Crippen molar-refractivity contribution in [3.05, 3.63) is 0 Å². The Bertz CT molecular complexity index is 345. The van der Waals surface area contributed by atoms with E-state index >= 15 is 0 Å². The van der Waals surface area contributed by atoms with Crippen LogP contribution in [0.3, 0.4) is 0 Å². The minimum atomic E-state index is -0.524. The fourth-order valence-corrected chi connectivity index (χ4v) is 2.48. The summed E-state index contributed by atoms with van der Waals surface area (Å²) in [6.45, 7) is 8.58. The maximum absolute atomic E-state index is 11.9. The molecule has 2 fully saturated rings. The molecule has 114 valence electrons. The summed E-state index contributed by atoms with van der Waals surface area (Å²) in [5.74, 6) is -0.959. The second-order valence-electron chi connectivity index (χ2n) is 5.14. The van der Waals surface area contributed by atoms with E-state index < -0.39 is 11.8 Å². The number of nitrogens with zero attached hydrogens (tertiary/aromatic N) is 2. The number of piperazine rings is 1. The first-order valence-corrected chi connectivity index (χ1v) is 7.32. The molecule has 2 rings (SSSR count). The van der Waals surface area contributed by atoms with E-state index in [1.54, 1.807) is 4.90 Å². The Labute approximate surface area is 119 Å². The molecule has 7 heteroatoms. The van der Waals surface area contributed by atoms with Crippen LogP contribution in [0.25, 0.3) is 0 Å². The second-order valence-corrected chi connectivity index (χ2v) is 5.14. The Morgan fingerprint density at radius 1 is 1.30 bits per heavy atom. The number of carbonyl (C=O) groups excluding carboxylic acids is 2. The Kier molecular flexibility index (Phi) is 5.75. The molecule has 0 aromatic heterocycles. The van der Waals surface area contributed by atoms with Gasteiger partial charge in [0, 0.05) is 45.8 Å². The van der Waals surface area contributed by atoms with Crippen molar-refractivity contribution < 1.29 is 14.3 Å². The zero-order chi connectivity index (χ0) is 14.4. The molecular weight excluding hydrogens is 260 g/mol. The SMILES string of the molecule is CCN1CCOC(CNC(=O)C(=O)N2CCNCC2)C1. The molecule has 0 aromatic rings. The van der Waals surface area contributed by atoms with Gasteiger partial charge in [0.2, 0.25) is 0 Å². The molecule has 20 heavy (non-hydrogen) atoms. The fraction of sp³-hybridized carbons (Fsp3) is 0.846. The Balaban J connectivity index is 1.72. The van der Waals surface area contributed by atoms with Gasteiger partial charge >= 0.3 is 11.8 Å². The molecule has 2 saturated heterocycles. The van der Waals surface area contributed by atoms with Gasteiger partial charge in [0.1, 0.15) is 0 Å². The standard InChI is InChI=1S/C13H24N4O3/c1-2-16-7-8-20-11(10-16)9-15-12(18)13(19)17-5-3-14-4-6-17/h11,14H,2-10H2,1H3,(H,15,18). The zero-order valence-electron chi connectivity index (χ0n) is 12.1. The molecule has 0 bridgehead atoms. The van der Waals surface area contributed by atoms with E-state index in [0.29, 0.717) is 26.2 Å². The third kappa shape index (κ3) is 4.16. The lowest BCUT2D eigenvalue weighted by atomic mass is 10.2. The van der Waals surface area contributed by atoms with Crippen LogP contribution in [0, 0.1) is 0 Å². The third-order valence-corrected chi connectivity index (χ3v) is 3.76. The summed E-state index contributed by atoms with van der Waals surface area (Å²) in [6.07, 6.45) is -0.0246. The van der Waals surface area contributed by atoms with Crippen LogP contribution in [0.1, 0.15) is 6.92 Å². The summed E-state index contributed by atoms with van der Waals surface area (Å²) in [4.78, 5) is 27.6. The highest BCUT2D eigenvalue weighted by atomic mass is 16.5. The molecule has 0 aliphatic carbocycles. The maximum Gasteiger partial charge on any atom is 0.311 e. The van der Waals surface area contributed by atoms with Crippen LogP contribution in [0.5, 0.6) is 0 Å². The highest BCUT2D eigenvalue weighted by molar-refractivity contribution is 6.35. The van der Waals surface area contributed by atoms with E-state index in [-0.39, 0.29) is 6.10 Å². The average Bonchev–Trinajstić information content (AvgIpc) is 2.53. The van der Waals surface area contributed by atoms with Gasteiger partial charge in [0.05, 0.1) is 12.7 Å². The van der Waals surface area contributed by atoms with Crippen LogP contribution in [0.4, 0.5) is 0 Å². The van der Waals surface area contributed by atoms with Crippen LogP contribution in [-0.4, -0.2) is 86.7 Å². The van der Waals surface area contributed by atoms with Crippen LogP contribution in [0.2, 0.25) is 0 Å². The minimum absolute atomic E-state index is 0.0246. The number of hydrogen-bond acceptors (Lipinski definition) is 5. The zero-order valence-corrected chi connectivity index (χ0v) is 12.1. The first kappa shape index (κ1) is 15.2. The quantitative estimate of drug-likeness (QED) is 0.602. The smallest absolute Gasteiger partial charge is 0.311 e. The minimum Gasteiger partial charge on any atom is -0.374 e. The van der Waals surface area contributed by atoms with Crippen LogP contribution in [0.15, 0.2) is 0 Å². The fourth-order valence-electron chi connectivity index (χ4n) is 2.48. The van der Waals surface area contributed by atoms with Crippen LogP contribution >= 0.6 is 0 Å². The summed E-state index contributed by atoms with van der Waals surface area (Å²) in [6, 6.07) is 0. The van der Waals surface area contributed by atoms with Gasteiger partial charge in [-0.3, -0.25) is 14.5 Å². The number of morpholine rings is 1. The highest BCUT2D eigenvalue weighted by Crippen LogP contribution is 2.03. The summed E-state index contributed by atoms with van der Waals surface area (Å²) < 4.78 is 5.59. The van der Waals surface area contributed by atoms with E-state index in [0.717, 1.165) is 32.7 Å². The molecule has 0 radical (unpaired) electrons. The summed E-state index contributed by atoms with van der Waals surface area (Å²) >= 11 is 0. The lowest BCUT2D eigenvalue weighted by molar-refractivity contribution is -0.146. The lowest BCUT2D eigenvalue weighted by Gasteiger charge is -2.32. The first-order valence-electron chi connectivity index (χ1n) is 7.32. The molecule has 2 N–H and O–H groups in total. The Morgan fingerprint density at radius 2 is 2.05 bits per heavy atom. The molecule has 0 aromatic carbocycles. The van der Waals surface area contributed by atoms with E-state index in [1.807, 2.05) is 0 Å². The van der Waals surface area contributed by atoms with Crippen LogP contribution in [-0.2, 0) is 14.3 Å². The van der Waals surface area contributed by atoms with Gasteiger partial charge in [0.15, 0.2) is 0 Å². The molecule has 7 nitrogen and oxygen atoms in total. The van der Waals surface area contributed by atoms with Gasteiger partial charge in [-0.15, -0.1) is 0 Å². The van der Waals surface area contributed by atoms with Crippen molar-refractivity contribution in [1.29, 1.82) is 0 Å². The monoisotopic (exact) mass is 284 g/mol. The van der Waals surface area contributed by atoms with Gasteiger partial charge in [-0.05, 0) is 6.54 Å². The highest BCUT2D eigenvalue weighted by Gasteiger charge is 2.25. The van der Waals surface area contributed by atoms with Gasteiger partial charge in [0.25, 0.3) is 0 Å². The Hall–Kier alpha value is -1.18. The number of hydrogen-bond donors (Lipinski definition) is 2. The first-order chi connectivity index (χ1) is 9.70. The van der Waals surface area contributed by atoms with Crippen molar-refractivity contribution in [3.63, 3.8) is 0 Å². The topological polar surface area (TPSA) is 73.9 Å². The molecule has 1 unspecified atom stereocenters. The van der Waals surface area contributed by atoms with Crippen molar-refractivity contribution in [2.75, 3.05) is 59.0 Å². The van der Waals surface area contributed by atoms with Crippen molar-refractivity contribution in [3.8, 4) is 0 Å². The van der Waals surface area contributed by atoms with E-state index in [9.17, 15) is 9.59 Å².